The fraction of sp³-hybridized carbons (Fsp3) is 0.167. The van der Waals surface area contributed by atoms with Crippen LogP contribution in [0.1, 0.15) is 21.7 Å². The molecule has 0 atom stereocenters. The zero-order valence-electron chi connectivity index (χ0n) is 9.63. The minimum absolute atomic E-state index is 0.207. The molecule has 0 aliphatic heterocycles. The number of benzene rings is 1. The third-order valence-electron chi connectivity index (χ3n) is 2.27. The van der Waals surface area contributed by atoms with Crippen LogP contribution in [-0.4, -0.2) is 21.4 Å². The number of halogens is 1. The number of nitrogens with zero attached hydrogens (tertiary/aromatic N) is 3. The van der Waals surface area contributed by atoms with Crippen LogP contribution in [0.15, 0.2) is 30.3 Å². The van der Waals surface area contributed by atoms with Crippen molar-refractivity contribution in [3.05, 3.63) is 50.9 Å². The van der Waals surface area contributed by atoms with Gasteiger partial charge in [0.2, 0.25) is 0 Å². The summed E-state index contributed by atoms with van der Waals surface area (Å²) in [6.07, 6.45) is 0. The van der Waals surface area contributed by atoms with Crippen molar-refractivity contribution in [3.63, 3.8) is 0 Å². The summed E-state index contributed by atoms with van der Waals surface area (Å²) in [5, 5.41) is 11.0. The summed E-state index contributed by atoms with van der Waals surface area (Å²) in [5.41, 5.74) is 1.80. The molecule has 0 bridgehead atoms. The molecule has 2 aromatic rings. The van der Waals surface area contributed by atoms with Gasteiger partial charge in [-0.15, -0.1) is 10.2 Å². The molecule has 1 heterocycles. The Hall–Kier alpha value is -1.57. The quantitative estimate of drug-likeness (QED) is 0.624. The number of ether oxygens (including phenoxy) is 1. The molecule has 0 N–H and O–H groups in total. The molecule has 18 heavy (non-hydrogen) atoms. The number of carbonyl (C=O) groups excluding carboxylic acids is 1. The Labute approximate surface area is 118 Å². The lowest BCUT2D eigenvalue weighted by Crippen LogP contribution is -2.12. The molecule has 0 unspecified atom stereocenters. The summed E-state index contributed by atoms with van der Waals surface area (Å²) in [6.45, 7) is 1.99. The summed E-state index contributed by atoms with van der Waals surface area (Å²) >= 11 is 2.01. The number of rotatable bonds is 3. The van der Waals surface area contributed by atoms with Gasteiger partial charge in [0, 0.05) is 0 Å². The van der Waals surface area contributed by atoms with Crippen LogP contribution < -0.4 is 0 Å². The molecule has 0 amide bonds. The highest BCUT2D eigenvalue weighted by Gasteiger charge is 2.16. The molecule has 0 saturated heterocycles. The van der Waals surface area contributed by atoms with Crippen LogP contribution in [0.25, 0.3) is 0 Å². The average Bonchev–Trinajstić information content (AvgIpc) is 2.40. The molecule has 0 aliphatic carbocycles. The van der Waals surface area contributed by atoms with Crippen LogP contribution in [0.2, 0.25) is 0 Å². The molecular weight excluding hydrogens is 345 g/mol. The van der Waals surface area contributed by atoms with Crippen molar-refractivity contribution >= 4 is 28.6 Å². The molecule has 0 radical (unpaired) electrons. The Morgan fingerprint density at radius 1 is 1.28 bits per heavy atom. The van der Waals surface area contributed by atoms with Crippen molar-refractivity contribution in [3.8, 4) is 0 Å². The molecule has 6 heteroatoms. The van der Waals surface area contributed by atoms with E-state index in [4.69, 9.17) is 4.74 Å². The monoisotopic (exact) mass is 355 g/mol. The first-order valence-corrected chi connectivity index (χ1v) is 6.33. The number of hydrogen-bond donors (Lipinski definition) is 0. The van der Waals surface area contributed by atoms with Gasteiger partial charge in [0.1, 0.15) is 6.61 Å². The van der Waals surface area contributed by atoms with Gasteiger partial charge in [-0.05, 0) is 40.3 Å². The average molecular weight is 355 g/mol. The standard InChI is InChI=1S/C12H10IN3O2/c1-8-10(13)11(15-16-14-8)12(17)18-7-9-5-3-2-4-6-9/h2-6H,7H2,1H3. The van der Waals surface area contributed by atoms with Gasteiger partial charge in [0.25, 0.3) is 0 Å². The molecule has 0 saturated carbocycles. The molecule has 0 fully saturated rings. The molecule has 2 rings (SSSR count). The summed E-state index contributed by atoms with van der Waals surface area (Å²) in [4.78, 5) is 11.8. The summed E-state index contributed by atoms with van der Waals surface area (Å²) < 4.78 is 5.84. The lowest BCUT2D eigenvalue weighted by molar-refractivity contribution is 0.0462. The highest BCUT2D eigenvalue weighted by Crippen LogP contribution is 2.13. The van der Waals surface area contributed by atoms with Crippen molar-refractivity contribution in [1.82, 2.24) is 15.4 Å². The maximum absolute atomic E-state index is 11.8. The Balaban J connectivity index is 2.07. The Morgan fingerprint density at radius 2 is 2.00 bits per heavy atom. The van der Waals surface area contributed by atoms with Crippen molar-refractivity contribution in [2.24, 2.45) is 0 Å². The van der Waals surface area contributed by atoms with Gasteiger partial charge in [-0.25, -0.2) is 4.79 Å². The first-order chi connectivity index (χ1) is 8.68. The molecular formula is C12H10IN3O2. The fourth-order valence-electron chi connectivity index (χ4n) is 1.32. The van der Waals surface area contributed by atoms with Crippen LogP contribution >= 0.6 is 22.6 Å². The Morgan fingerprint density at radius 3 is 2.72 bits per heavy atom. The highest BCUT2D eigenvalue weighted by atomic mass is 127. The third kappa shape index (κ3) is 3.00. The van der Waals surface area contributed by atoms with Crippen LogP contribution in [-0.2, 0) is 11.3 Å². The third-order valence-corrected chi connectivity index (χ3v) is 3.56. The molecule has 0 spiro atoms. The van der Waals surface area contributed by atoms with E-state index in [1.165, 1.54) is 0 Å². The smallest absolute Gasteiger partial charge is 0.360 e. The number of hydrogen-bond acceptors (Lipinski definition) is 5. The largest absolute Gasteiger partial charge is 0.456 e. The van der Waals surface area contributed by atoms with E-state index < -0.39 is 5.97 Å². The Kier molecular flexibility index (Phi) is 4.19. The summed E-state index contributed by atoms with van der Waals surface area (Å²) in [7, 11) is 0. The highest BCUT2D eigenvalue weighted by molar-refractivity contribution is 14.1. The van der Waals surface area contributed by atoms with Gasteiger partial charge in [0.05, 0.1) is 9.26 Å². The van der Waals surface area contributed by atoms with Crippen molar-refractivity contribution in [2.45, 2.75) is 13.5 Å². The van der Waals surface area contributed by atoms with Crippen LogP contribution in [0.3, 0.4) is 0 Å². The maximum atomic E-state index is 11.8. The van der Waals surface area contributed by atoms with E-state index in [-0.39, 0.29) is 12.3 Å². The van der Waals surface area contributed by atoms with E-state index in [2.05, 4.69) is 15.4 Å². The van der Waals surface area contributed by atoms with Crippen molar-refractivity contribution in [2.75, 3.05) is 0 Å². The van der Waals surface area contributed by atoms with E-state index in [0.717, 1.165) is 5.56 Å². The lowest BCUT2D eigenvalue weighted by Gasteiger charge is -2.05. The second-order valence-corrected chi connectivity index (χ2v) is 4.68. The first kappa shape index (κ1) is 12.9. The van der Waals surface area contributed by atoms with Gasteiger partial charge < -0.3 is 4.74 Å². The maximum Gasteiger partial charge on any atom is 0.360 e. The van der Waals surface area contributed by atoms with Gasteiger partial charge >= 0.3 is 5.97 Å². The number of aromatic nitrogens is 3. The molecule has 92 valence electrons. The van der Waals surface area contributed by atoms with Crippen molar-refractivity contribution < 1.29 is 9.53 Å². The van der Waals surface area contributed by atoms with E-state index in [9.17, 15) is 4.79 Å². The van der Waals surface area contributed by atoms with E-state index in [0.29, 0.717) is 9.26 Å². The number of esters is 1. The van der Waals surface area contributed by atoms with Crippen molar-refractivity contribution in [1.29, 1.82) is 0 Å². The normalized spacial score (nSPS) is 10.1. The summed E-state index contributed by atoms with van der Waals surface area (Å²) in [5.74, 6) is -0.485. The molecule has 1 aromatic carbocycles. The predicted octanol–water partition coefficient (Wildman–Crippen LogP) is 2.14. The molecule has 0 aliphatic rings. The zero-order chi connectivity index (χ0) is 13.0. The second-order valence-electron chi connectivity index (χ2n) is 3.60. The summed E-state index contributed by atoms with van der Waals surface area (Å²) in [6, 6.07) is 9.47. The molecule has 5 nitrogen and oxygen atoms in total. The predicted molar refractivity (Wildman–Crippen MR) is 72.8 cm³/mol. The minimum atomic E-state index is -0.485. The van der Waals surface area contributed by atoms with Gasteiger partial charge in [-0.1, -0.05) is 30.3 Å². The van der Waals surface area contributed by atoms with Crippen LogP contribution in [0.4, 0.5) is 0 Å². The SMILES string of the molecule is Cc1nnnc(C(=O)OCc2ccccc2)c1I. The van der Waals surface area contributed by atoms with Crippen LogP contribution in [0.5, 0.6) is 0 Å². The number of carbonyl (C=O) groups is 1. The van der Waals surface area contributed by atoms with Gasteiger partial charge in [-0.3, -0.25) is 0 Å². The lowest BCUT2D eigenvalue weighted by atomic mass is 10.2. The molecule has 1 aromatic heterocycles. The topological polar surface area (TPSA) is 65.0 Å². The first-order valence-electron chi connectivity index (χ1n) is 5.25. The Bertz CT molecular complexity index is 561. The van der Waals surface area contributed by atoms with Crippen LogP contribution in [0, 0.1) is 10.5 Å². The minimum Gasteiger partial charge on any atom is -0.456 e. The van der Waals surface area contributed by atoms with Gasteiger partial charge in [0.15, 0.2) is 5.69 Å². The number of aryl methyl sites for hydroxylation is 1. The van der Waals surface area contributed by atoms with E-state index in [1.54, 1.807) is 6.92 Å². The second kappa shape index (κ2) is 5.85. The van der Waals surface area contributed by atoms with Gasteiger partial charge in [-0.2, -0.15) is 0 Å². The fourth-order valence-corrected chi connectivity index (χ4v) is 1.75. The van der Waals surface area contributed by atoms with E-state index >= 15 is 0 Å². The van der Waals surface area contributed by atoms with E-state index in [1.807, 2.05) is 52.9 Å². The zero-order valence-corrected chi connectivity index (χ0v) is 11.8.